The molecule has 1 aromatic heterocycles. The Bertz CT molecular complexity index is 759. The SMILES string of the molecule is O=C(O)c1ccc(-c2cc3cc(Cl)ccc3[nH]2)cc1. The number of carboxylic acid groups (broad SMARTS) is 1. The zero-order valence-electron chi connectivity index (χ0n) is 9.85. The number of hydrogen-bond acceptors (Lipinski definition) is 1. The molecule has 3 nitrogen and oxygen atoms in total. The molecule has 0 saturated carbocycles. The van der Waals surface area contributed by atoms with Gasteiger partial charge in [0.2, 0.25) is 0 Å². The molecule has 1 heterocycles. The van der Waals surface area contributed by atoms with E-state index in [0.29, 0.717) is 5.02 Å². The predicted octanol–water partition coefficient (Wildman–Crippen LogP) is 4.19. The highest BCUT2D eigenvalue weighted by molar-refractivity contribution is 6.31. The van der Waals surface area contributed by atoms with Gasteiger partial charge in [0.1, 0.15) is 0 Å². The Morgan fingerprint density at radius 2 is 1.79 bits per heavy atom. The summed E-state index contributed by atoms with van der Waals surface area (Å²) in [5.74, 6) is -0.921. The van der Waals surface area contributed by atoms with Crippen LogP contribution in [0.2, 0.25) is 5.02 Å². The van der Waals surface area contributed by atoms with Crippen LogP contribution in [0.5, 0.6) is 0 Å². The zero-order chi connectivity index (χ0) is 13.4. The van der Waals surface area contributed by atoms with Gasteiger partial charge in [0.15, 0.2) is 0 Å². The number of H-pyrrole nitrogens is 1. The van der Waals surface area contributed by atoms with Gasteiger partial charge in [-0.3, -0.25) is 0 Å². The number of hydrogen-bond donors (Lipinski definition) is 2. The van der Waals surface area contributed by atoms with E-state index >= 15 is 0 Å². The highest BCUT2D eigenvalue weighted by atomic mass is 35.5. The van der Waals surface area contributed by atoms with E-state index in [1.54, 1.807) is 24.3 Å². The monoisotopic (exact) mass is 271 g/mol. The van der Waals surface area contributed by atoms with Crippen molar-refractivity contribution in [2.45, 2.75) is 0 Å². The van der Waals surface area contributed by atoms with Crippen molar-refractivity contribution in [3.8, 4) is 11.3 Å². The van der Waals surface area contributed by atoms with Gasteiger partial charge in [0.25, 0.3) is 0 Å². The number of aromatic carboxylic acids is 1. The van der Waals surface area contributed by atoms with Crippen molar-refractivity contribution in [1.82, 2.24) is 4.98 Å². The summed E-state index contributed by atoms with van der Waals surface area (Å²) in [6.07, 6.45) is 0. The van der Waals surface area contributed by atoms with E-state index < -0.39 is 5.97 Å². The summed E-state index contributed by atoms with van der Waals surface area (Å²) in [5.41, 5.74) is 3.16. The lowest BCUT2D eigenvalue weighted by atomic mass is 10.1. The molecule has 2 aromatic carbocycles. The molecule has 4 heteroatoms. The number of aromatic amines is 1. The molecule has 94 valence electrons. The smallest absolute Gasteiger partial charge is 0.335 e. The second kappa shape index (κ2) is 4.44. The lowest BCUT2D eigenvalue weighted by Gasteiger charge is -1.98. The van der Waals surface area contributed by atoms with Crippen LogP contribution in [0, 0.1) is 0 Å². The third kappa shape index (κ3) is 2.20. The first-order valence-corrected chi connectivity index (χ1v) is 6.13. The lowest BCUT2D eigenvalue weighted by molar-refractivity contribution is 0.0697. The number of carbonyl (C=O) groups is 1. The van der Waals surface area contributed by atoms with Crippen molar-refractivity contribution in [3.05, 3.63) is 59.1 Å². The van der Waals surface area contributed by atoms with E-state index in [1.807, 2.05) is 24.3 Å². The van der Waals surface area contributed by atoms with Gasteiger partial charge in [-0.15, -0.1) is 0 Å². The van der Waals surface area contributed by atoms with Crippen LogP contribution in [0.25, 0.3) is 22.2 Å². The van der Waals surface area contributed by atoms with Gasteiger partial charge in [-0.05, 0) is 42.0 Å². The first-order valence-electron chi connectivity index (χ1n) is 5.75. The predicted molar refractivity (Wildman–Crippen MR) is 75.7 cm³/mol. The van der Waals surface area contributed by atoms with Gasteiger partial charge < -0.3 is 10.1 Å². The number of nitrogens with one attached hydrogen (secondary N) is 1. The summed E-state index contributed by atoms with van der Waals surface area (Å²) in [6.45, 7) is 0. The molecule has 3 rings (SSSR count). The van der Waals surface area contributed by atoms with Crippen LogP contribution in [0.15, 0.2) is 48.5 Å². The molecular weight excluding hydrogens is 262 g/mol. The summed E-state index contributed by atoms with van der Waals surface area (Å²) < 4.78 is 0. The first kappa shape index (κ1) is 11.8. The maximum atomic E-state index is 10.8. The third-order valence-electron chi connectivity index (χ3n) is 3.03. The Hall–Kier alpha value is -2.26. The van der Waals surface area contributed by atoms with E-state index in [1.165, 1.54) is 0 Å². The minimum atomic E-state index is -0.921. The van der Waals surface area contributed by atoms with Crippen LogP contribution in [0.3, 0.4) is 0 Å². The number of carboxylic acids is 1. The first-order chi connectivity index (χ1) is 9.13. The number of fused-ring (bicyclic) bond motifs is 1. The molecular formula is C15H10ClNO2. The number of rotatable bonds is 2. The minimum absolute atomic E-state index is 0.280. The van der Waals surface area contributed by atoms with Crippen LogP contribution in [-0.4, -0.2) is 16.1 Å². The van der Waals surface area contributed by atoms with E-state index in [-0.39, 0.29) is 5.56 Å². The van der Waals surface area contributed by atoms with Gasteiger partial charge in [0.05, 0.1) is 5.56 Å². The molecule has 0 aliphatic rings. The van der Waals surface area contributed by atoms with Gasteiger partial charge in [-0.1, -0.05) is 23.7 Å². The van der Waals surface area contributed by atoms with Gasteiger partial charge in [-0.25, -0.2) is 4.79 Å². The lowest BCUT2D eigenvalue weighted by Crippen LogP contribution is -1.94. The van der Waals surface area contributed by atoms with Crippen molar-refractivity contribution < 1.29 is 9.90 Å². The molecule has 0 bridgehead atoms. The average molecular weight is 272 g/mol. The fourth-order valence-electron chi connectivity index (χ4n) is 2.05. The van der Waals surface area contributed by atoms with Gasteiger partial charge in [0, 0.05) is 21.6 Å². The number of aromatic nitrogens is 1. The number of halogens is 1. The summed E-state index contributed by atoms with van der Waals surface area (Å²) in [5, 5.41) is 10.6. The topological polar surface area (TPSA) is 53.1 Å². The highest BCUT2D eigenvalue weighted by Crippen LogP contribution is 2.26. The zero-order valence-corrected chi connectivity index (χ0v) is 10.6. The van der Waals surface area contributed by atoms with Crippen LogP contribution in [-0.2, 0) is 0 Å². The molecule has 0 unspecified atom stereocenters. The Labute approximate surface area is 114 Å². The molecule has 0 spiro atoms. The fourth-order valence-corrected chi connectivity index (χ4v) is 2.23. The average Bonchev–Trinajstić information content (AvgIpc) is 2.81. The molecule has 0 aliphatic carbocycles. The molecule has 0 aliphatic heterocycles. The molecule has 2 N–H and O–H groups in total. The van der Waals surface area contributed by atoms with Crippen LogP contribution in [0.4, 0.5) is 0 Å². The second-order valence-electron chi connectivity index (χ2n) is 4.30. The van der Waals surface area contributed by atoms with Crippen LogP contribution < -0.4 is 0 Å². The summed E-state index contributed by atoms with van der Waals surface area (Å²) in [6, 6.07) is 14.4. The van der Waals surface area contributed by atoms with Gasteiger partial charge in [-0.2, -0.15) is 0 Å². The summed E-state index contributed by atoms with van der Waals surface area (Å²) in [4.78, 5) is 14.1. The normalized spacial score (nSPS) is 10.8. The Morgan fingerprint density at radius 1 is 1.05 bits per heavy atom. The highest BCUT2D eigenvalue weighted by Gasteiger charge is 2.06. The van der Waals surface area contributed by atoms with Crippen LogP contribution in [0.1, 0.15) is 10.4 Å². The molecule has 0 atom stereocenters. The maximum absolute atomic E-state index is 10.8. The standard InChI is InChI=1S/C15H10ClNO2/c16-12-5-6-13-11(7-12)8-14(17-13)9-1-3-10(4-2-9)15(18)19/h1-8,17H,(H,18,19). The van der Waals surface area contributed by atoms with E-state index in [4.69, 9.17) is 16.7 Å². The third-order valence-corrected chi connectivity index (χ3v) is 3.26. The van der Waals surface area contributed by atoms with Gasteiger partial charge >= 0.3 is 5.97 Å². The number of benzene rings is 2. The van der Waals surface area contributed by atoms with E-state index in [2.05, 4.69) is 4.98 Å². The summed E-state index contributed by atoms with van der Waals surface area (Å²) >= 11 is 5.95. The molecule has 0 saturated heterocycles. The molecule has 19 heavy (non-hydrogen) atoms. The van der Waals surface area contributed by atoms with E-state index in [9.17, 15) is 4.79 Å². The fraction of sp³-hybridized carbons (Fsp3) is 0. The van der Waals surface area contributed by atoms with Crippen molar-refractivity contribution >= 4 is 28.5 Å². The van der Waals surface area contributed by atoms with Crippen molar-refractivity contribution in [1.29, 1.82) is 0 Å². The van der Waals surface area contributed by atoms with Crippen molar-refractivity contribution in [2.75, 3.05) is 0 Å². The Morgan fingerprint density at radius 3 is 2.47 bits per heavy atom. The summed E-state index contributed by atoms with van der Waals surface area (Å²) in [7, 11) is 0. The van der Waals surface area contributed by atoms with Crippen molar-refractivity contribution in [3.63, 3.8) is 0 Å². The van der Waals surface area contributed by atoms with E-state index in [0.717, 1.165) is 22.2 Å². The Kier molecular flexibility index (Phi) is 2.76. The molecule has 3 aromatic rings. The largest absolute Gasteiger partial charge is 0.478 e. The molecule has 0 amide bonds. The quantitative estimate of drug-likeness (QED) is 0.734. The molecule has 0 fully saturated rings. The second-order valence-corrected chi connectivity index (χ2v) is 4.73. The van der Waals surface area contributed by atoms with Crippen LogP contribution >= 0.6 is 11.6 Å². The van der Waals surface area contributed by atoms with Crippen molar-refractivity contribution in [2.24, 2.45) is 0 Å². The molecule has 0 radical (unpaired) electrons. The minimum Gasteiger partial charge on any atom is -0.478 e. The maximum Gasteiger partial charge on any atom is 0.335 e. The Balaban J connectivity index is 2.06.